The highest BCUT2D eigenvalue weighted by molar-refractivity contribution is 7.21. The molecule has 4 atom stereocenters. The number of nitrogen functional groups attached to an aromatic ring is 1. The molecule has 8 N–H and O–H groups in total. The molecule has 0 radical (unpaired) electrons. The van der Waals surface area contributed by atoms with Crippen molar-refractivity contribution in [2.24, 2.45) is 11.5 Å². The molecule has 1 saturated heterocycles. The fourth-order valence-corrected chi connectivity index (χ4v) is 7.44. The van der Waals surface area contributed by atoms with Crippen LogP contribution in [0.1, 0.15) is 44.4 Å². The minimum Gasteiger partial charge on any atom is -0.457 e. The van der Waals surface area contributed by atoms with Crippen molar-refractivity contribution in [1.29, 1.82) is 0 Å². The number of carbonyl (C=O) groups is 2. The Labute approximate surface area is 241 Å². The number of piperidine rings is 1. The van der Waals surface area contributed by atoms with Crippen molar-refractivity contribution in [2.45, 2.75) is 37.1 Å². The van der Waals surface area contributed by atoms with Gasteiger partial charge < -0.3 is 37.3 Å². The van der Waals surface area contributed by atoms with Crippen LogP contribution in [0.5, 0.6) is 11.5 Å². The van der Waals surface area contributed by atoms with Gasteiger partial charge in [-0.05, 0) is 67.4 Å². The van der Waals surface area contributed by atoms with Gasteiger partial charge in [0.2, 0.25) is 0 Å². The zero-order chi connectivity index (χ0) is 29.1. The van der Waals surface area contributed by atoms with E-state index in [1.54, 1.807) is 24.3 Å². The number of aryl methyl sites for hydroxylation is 1. The van der Waals surface area contributed by atoms with Gasteiger partial charge in [0.15, 0.2) is 5.78 Å². The van der Waals surface area contributed by atoms with Crippen molar-refractivity contribution in [1.82, 2.24) is 10.2 Å². The minimum absolute atomic E-state index is 0.242. The smallest absolute Gasteiger partial charge is 0.262 e. The first-order valence-electron chi connectivity index (χ1n) is 13.5. The van der Waals surface area contributed by atoms with Gasteiger partial charge in [0.1, 0.15) is 17.0 Å². The molecule has 9 nitrogen and oxygen atoms in total. The molecule has 4 aromatic rings. The van der Waals surface area contributed by atoms with Crippen molar-refractivity contribution in [2.75, 3.05) is 25.9 Å². The average Bonchev–Trinajstić information content (AvgIpc) is 3.33. The van der Waals surface area contributed by atoms with Crippen LogP contribution >= 0.6 is 11.3 Å². The number of benzene rings is 3. The number of aliphatic hydroxyl groups excluding tert-OH is 1. The van der Waals surface area contributed by atoms with E-state index in [9.17, 15) is 14.7 Å². The Morgan fingerprint density at radius 2 is 1.83 bits per heavy atom. The highest BCUT2D eigenvalue weighted by Gasteiger charge is 2.49. The van der Waals surface area contributed by atoms with Gasteiger partial charge >= 0.3 is 0 Å². The average molecular weight is 572 g/mol. The third-order valence-corrected chi connectivity index (χ3v) is 9.32. The Kier molecular flexibility index (Phi) is 6.83. The van der Waals surface area contributed by atoms with Crippen LogP contribution in [-0.4, -0.2) is 54.0 Å². The quantitative estimate of drug-likeness (QED) is 0.229. The number of Topliss-reactive ketones (excluding diaryl/α,β-unsaturated/α-hetero) is 1. The first-order chi connectivity index (χ1) is 19.6. The molecule has 10 heteroatoms. The number of carbonyl (C=O) groups excluding carboxylic acids is 2. The number of likely N-dealkylation sites (tertiary alicyclic amines) is 1. The topological polar surface area (TPSA) is 157 Å². The van der Waals surface area contributed by atoms with Crippen molar-refractivity contribution in [3.05, 3.63) is 87.8 Å². The molecule has 1 aliphatic heterocycles. The van der Waals surface area contributed by atoms with Crippen LogP contribution in [0.2, 0.25) is 0 Å². The number of hydrogen-bond donors (Lipinski definition) is 5. The molecular weight excluding hydrogens is 538 g/mol. The molecule has 2 unspecified atom stereocenters. The van der Waals surface area contributed by atoms with E-state index < -0.39 is 23.5 Å². The molecule has 1 aromatic heterocycles. The predicted octanol–water partition coefficient (Wildman–Crippen LogP) is 3.16. The number of likely N-dealkylation sites (N-methyl/N-ethyl adjacent to an activating group) is 1. The standard InChI is InChI=1S/C31H33N5O4S/c1-16-12-20(40-19-6-4-3-5-7-19)8-9-21(16)31(34)22-10-11-23(32)27-24(22)25(26(33)29(31)38)28(41-27)30(39)35-17-13-18(37)15-36(2)14-17/h3-12,17-18,26,37H,13-15,32-34H2,1-2H3,(H,35,39)/t17-,18+,26?,31?/m1/s1. The molecule has 6 rings (SSSR count). The summed E-state index contributed by atoms with van der Waals surface area (Å²) in [6.07, 6.45) is -0.0828. The predicted molar refractivity (Wildman–Crippen MR) is 160 cm³/mol. The van der Waals surface area contributed by atoms with Crippen molar-refractivity contribution >= 4 is 38.8 Å². The Bertz CT molecular complexity index is 1660. The molecule has 1 amide bonds. The number of β-amino-alcohol motifs (C(OH)–C–C–N with tert-alkyl or cyclic N) is 1. The van der Waals surface area contributed by atoms with Crippen LogP contribution in [0.25, 0.3) is 10.1 Å². The highest BCUT2D eigenvalue weighted by Crippen LogP contribution is 2.50. The van der Waals surface area contributed by atoms with Crippen LogP contribution in [0.4, 0.5) is 5.69 Å². The van der Waals surface area contributed by atoms with Gasteiger partial charge in [-0.25, -0.2) is 0 Å². The van der Waals surface area contributed by atoms with Crippen LogP contribution < -0.4 is 27.3 Å². The van der Waals surface area contributed by atoms with Crippen LogP contribution in [0.3, 0.4) is 0 Å². The van der Waals surface area contributed by atoms with E-state index >= 15 is 0 Å². The third-order valence-electron chi connectivity index (χ3n) is 8.07. The Balaban J connectivity index is 1.42. The van der Waals surface area contributed by atoms with Crippen molar-refractivity contribution in [3.63, 3.8) is 0 Å². The summed E-state index contributed by atoms with van der Waals surface area (Å²) in [5, 5.41) is 13.9. The van der Waals surface area contributed by atoms with Gasteiger partial charge in [-0.3, -0.25) is 9.59 Å². The van der Waals surface area contributed by atoms with Crippen molar-refractivity contribution < 1.29 is 19.4 Å². The van der Waals surface area contributed by atoms with E-state index in [-0.39, 0.29) is 11.9 Å². The summed E-state index contributed by atoms with van der Waals surface area (Å²) >= 11 is 1.22. The Morgan fingerprint density at radius 1 is 1.10 bits per heavy atom. The maximum atomic E-state index is 14.1. The number of ketones is 1. The van der Waals surface area contributed by atoms with E-state index in [1.807, 2.05) is 55.3 Å². The summed E-state index contributed by atoms with van der Waals surface area (Å²) in [5.41, 5.74) is 21.4. The van der Waals surface area contributed by atoms with Gasteiger partial charge in [-0.2, -0.15) is 0 Å². The fourth-order valence-electron chi connectivity index (χ4n) is 6.24. The number of amides is 1. The van der Waals surface area contributed by atoms with Crippen LogP contribution in [-0.2, 0) is 10.3 Å². The lowest BCUT2D eigenvalue weighted by atomic mass is 9.69. The van der Waals surface area contributed by atoms with Crippen LogP contribution in [0, 0.1) is 6.92 Å². The molecule has 212 valence electrons. The maximum Gasteiger partial charge on any atom is 0.262 e. The normalized spacial score (nSPS) is 24.4. The van der Waals surface area contributed by atoms with E-state index in [2.05, 4.69) is 5.32 Å². The van der Waals surface area contributed by atoms with Crippen molar-refractivity contribution in [3.8, 4) is 11.5 Å². The number of hydrogen-bond acceptors (Lipinski definition) is 9. The zero-order valence-electron chi connectivity index (χ0n) is 22.9. The second-order valence-corrected chi connectivity index (χ2v) is 12.1. The number of nitrogens with one attached hydrogen (secondary N) is 1. The molecule has 2 aliphatic rings. The first kappa shape index (κ1) is 27.4. The summed E-state index contributed by atoms with van der Waals surface area (Å²) in [7, 11) is 1.90. The third kappa shape index (κ3) is 4.58. The lowest BCUT2D eigenvalue weighted by molar-refractivity contribution is -0.124. The second-order valence-electron chi connectivity index (χ2n) is 11.1. The molecule has 1 aliphatic carbocycles. The summed E-state index contributed by atoms with van der Waals surface area (Å²) in [5.74, 6) is 0.563. The summed E-state index contributed by atoms with van der Waals surface area (Å²) in [6, 6.07) is 17.0. The number of thiophene rings is 1. The Morgan fingerprint density at radius 3 is 2.54 bits per heavy atom. The number of ether oxygens (including phenoxy) is 1. The number of para-hydroxylation sites is 1. The van der Waals surface area contributed by atoms with Gasteiger partial charge in [-0.15, -0.1) is 11.3 Å². The number of anilines is 1. The molecule has 2 heterocycles. The maximum absolute atomic E-state index is 14.1. The molecule has 0 saturated carbocycles. The van der Waals surface area contributed by atoms with Gasteiger partial charge in [-0.1, -0.05) is 30.3 Å². The monoisotopic (exact) mass is 571 g/mol. The lowest BCUT2D eigenvalue weighted by Crippen LogP contribution is -2.53. The van der Waals surface area contributed by atoms with Gasteiger partial charge in [0, 0.05) is 35.8 Å². The zero-order valence-corrected chi connectivity index (χ0v) is 23.7. The number of rotatable bonds is 5. The van der Waals surface area contributed by atoms with Crippen LogP contribution in [0.15, 0.2) is 60.7 Å². The largest absolute Gasteiger partial charge is 0.457 e. The summed E-state index contributed by atoms with van der Waals surface area (Å²) < 4.78 is 6.66. The molecule has 0 bridgehead atoms. The molecule has 1 fully saturated rings. The molecular formula is C31H33N5O4S. The fraction of sp³-hybridized carbons (Fsp3) is 0.290. The first-order valence-corrected chi connectivity index (χ1v) is 14.3. The number of nitrogens with two attached hydrogens (primary N) is 3. The lowest BCUT2D eigenvalue weighted by Gasteiger charge is -2.37. The highest BCUT2D eigenvalue weighted by atomic mass is 32.1. The van der Waals surface area contributed by atoms with Gasteiger partial charge in [0.25, 0.3) is 5.91 Å². The summed E-state index contributed by atoms with van der Waals surface area (Å²) in [4.78, 5) is 30.0. The molecule has 0 spiro atoms. The Hall–Kier alpha value is -3.80. The number of aliphatic hydroxyl groups is 1. The minimum atomic E-state index is -1.56. The second kappa shape index (κ2) is 10.2. The number of nitrogens with zero attached hydrogens (tertiary/aromatic N) is 1. The molecule has 41 heavy (non-hydrogen) atoms. The SMILES string of the molecule is Cc1cc(Oc2ccccc2)ccc1C1(N)C(=O)C(N)c2c(C(=O)N[C@@H]3C[C@H](O)CN(C)C3)sc3c(N)ccc1c23. The van der Waals surface area contributed by atoms with E-state index in [0.29, 0.717) is 68.4 Å². The molecule has 3 aromatic carbocycles. The van der Waals surface area contributed by atoms with Gasteiger partial charge in [0.05, 0.1) is 21.7 Å². The van der Waals surface area contributed by atoms with E-state index in [4.69, 9.17) is 21.9 Å². The summed E-state index contributed by atoms with van der Waals surface area (Å²) in [6.45, 7) is 3.04. The van der Waals surface area contributed by atoms with E-state index in [1.165, 1.54) is 11.3 Å². The van der Waals surface area contributed by atoms with E-state index in [0.717, 1.165) is 5.56 Å².